The van der Waals surface area contributed by atoms with Gasteiger partial charge in [0.05, 0.1) is 6.61 Å². The predicted molar refractivity (Wildman–Crippen MR) is 49.0 cm³/mol. The van der Waals surface area contributed by atoms with Gasteiger partial charge in [0.1, 0.15) is 0 Å². The summed E-state index contributed by atoms with van der Waals surface area (Å²) in [7, 11) is 0. The number of aliphatic hydroxyl groups excluding tert-OH is 1. The lowest BCUT2D eigenvalue weighted by Crippen LogP contribution is -2.40. The molecule has 1 saturated heterocycles. The summed E-state index contributed by atoms with van der Waals surface area (Å²) in [5.74, 6) is 0. The molecule has 2 aliphatic rings. The molecule has 12 heavy (non-hydrogen) atoms. The van der Waals surface area contributed by atoms with Crippen molar-refractivity contribution < 1.29 is 5.11 Å². The molecule has 1 atom stereocenters. The monoisotopic (exact) mass is 169 g/mol. The van der Waals surface area contributed by atoms with E-state index in [1.165, 1.54) is 38.5 Å². The summed E-state index contributed by atoms with van der Waals surface area (Å²) >= 11 is 0. The van der Waals surface area contributed by atoms with Gasteiger partial charge in [0.2, 0.25) is 0 Å². The Morgan fingerprint density at radius 3 is 2.58 bits per heavy atom. The van der Waals surface area contributed by atoms with Gasteiger partial charge in [0, 0.05) is 6.04 Å². The summed E-state index contributed by atoms with van der Waals surface area (Å²) in [4.78, 5) is 0. The lowest BCUT2D eigenvalue weighted by molar-refractivity contribution is 0.114. The van der Waals surface area contributed by atoms with Crippen molar-refractivity contribution in [2.45, 2.75) is 44.6 Å². The largest absolute Gasteiger partial charge is 0.395 e. The van der Waals surface area contributed by atoms with E-state index in [4.69, 9.17) is 0 Å². The van der Waals surface area contributed by atoms with Gasteiger partial charge in [0.15, 0.2) is 0 Å². The van der Waals surface area contributed by atoms with E-state index in [0.717, 1.165) is 6.54 Å². The topological polar surface area (TPSA) is 32.3 Å². The summed E-state index contributed by atoms with van der Waals surface area (Å²) in [6, 6.07) is 0.401. The Labute approximate surface area is 74.4 Å². The molecule has 70 valence electrons. The van der Waals surface area contributed by atoms with E-state index in [1.807, 2.05) is 0 Å². The lowest BCUT2D eigenvalue weighted by Gasteiger charge is -2.37. The lowest BCUT2D eigenvalue weighted by atomic mass is 9.69. The molecule has 1 aliphatic heterocycles. The SMILES string of the molecule is OCC1NCCC12CCCCC2. The molecule has 0 amide bonds. The van der Waals surface area contributed by atoms with Crippen molar-refractivity contribution in [2.75, 3.05) is 13.2 Å². The summed E-state index contributed by atoms with van der Waals surface area (Å²) in [5.41, 5.74) is 0.479. The van der Waals surface area contributed by atoms with E-state index in [-0.39, 0.29) is 0 Å². The molecular weight excluding hydrogens is 150 g/mol. The zero-order valence-electron chi connectivity index (χ0n) is 7.68. The average molecular weight is 169 g/mol. The first kappa shape index (κ1) is 8.52. The van der Waals surface area contributed by atoms with Crippen LogP contribution in [0.25, 0.3) is 0 Å². The van der Waals surface area contributed by atoms with E-state index in [1.54, 1.807) is 0 Å². The van der Waals surface area contributed by atoms with Crippen LogP contribution in [0.5, 0.6) is 0 Å². The molecule has 2 nitrogen and oxygen atoms in total. The van der Waals surface area contributed by atoms with Crippen LogP contribution in [0, 0.1) is 5.41 Å². The van der Waals surface area contributed by atoms with Gasteiger partial charge in [-0.3, -0.25) is 0 Å². The molecule has 2 N–H and O–H groups in total. The fraction of sp³-hybridized carbons (Fsp3) is 1.00. The highest BCUT2D eigenvalue weighted by Crippen LogP contribution is 2.44. The zero-order chi connectivity index (χ0) is 8.44. The van der Waals surface area contributed by atoms with E-state index in [0.29, 0.717) is 18.1 Å². The average Bonchev–Trinajstić information content (AvgIpc) is 2.49. The smallest absolute Gasteiger partial charge is 0.0590 e. The highest BCUT2D eigenvalue weighted by Gasteiger charge is 2.42. The first-order chi connectivity index (χ1) is 5.87. The van der Waals surface area contributed by atoms with Crippen molar-refractivity contribution in [3.05, 3.63) is 0 Å². The van der Waals surface area contributed by atoms with Gasteiger partial charge >= 0.3 is 0 Å². The summed E-state index contributed by atoms with van der Waals surface area (Å²) in [5, 5.41) is 12.6. The standard InChI is InChI=1S/C10H19NO/c12-8-9-10(6-7-11-9)4-2-1-3-5-10/h9,11-12H,1-8H2. The molecule has 0 radical (unpaired) electrons. The summed E-state index contributed by atoms with van der Waals surface area (Å²) in [6.07, 6.45) is 8.12. The Balaban J connectivity index is 2.05. The first-order valence-corrected chi connectivity index (χ1v) is 5.22. The molecule has 1 unspecified atom stereocenters. The Morgan fingerprint density at radius 1 is 1.17 bits per heavy atom. The molecule has 1 saturated carbocycles. The van der Waals surface area contributed by atoms with Crippen molar-refractivity contribution >= 4 is 0 Å². The fourth-order valence-corrected chi connectivity index (χ4v) is 3.00. The normalized spacial score (nSPS) is 34.2. The zero-order valence-corrected chi connectivity index (χ0v) is 7.68. The maximum atomic E-state index is 9.22. The second-order valence-electron chi connectivity index (χ2n) is 4.36. The van der Waals surface area contributed by atoms with Crippen LogP contribution in [0.3, 0.4) is 0 Å². The molecule has 0 aromatic heterocycles. The van der Waals surface area contributed by atoms with Crippen LogP contribution in [0.2, 0.25) is 0 Å². The second-order valence-corrected chi connectivity index (χ2v) is 4.36. The van der Waals surface area contributed by atoms with Gasteiger partial charge in [-0.05, 0) is 31.2 Å². The van der Waals surface area contributed by atoms with Crippen molar-refractivity contribution in [1.82, 2.24) is 5.32 Å². The third kappa shape index (κ3) is 1.27. The van der Waals surface area contributed by atoms with Gasteiger partial charge in [-0.1, -0.05) is 19.3 Å². The van der Waals surface area contributed by atoms with E-state index < -0.39 is 0 Å². The van der Waals surface area contributed by atoms with Crippen molar-refractivity contribution in [3.8, 4) is 0 Å². The van der Waals surface area contributed by atoms with Gasteiger partial charge in [-0.25, -0.2) is 0 Å². The molecule has 2 rings (SSSR count). The summed E-state index contributed by atoms with van der Waals surface area (Å²) in [6.45, 7) is 1.45. The van der Waals surface area contributed by atoms with Gasteiger partial charge in [-0.2, -0.15) is 0 Å². The van der Waals surface area contributed by atoms with Crippen molar-refractivity contribution in [3.63, 3.8) is 0 Å². The third-order valence-corrected chi connectivity index (χ3v) is 3.78. The third-order valence-electron chi connectivity index (χ3n) is 3.78. The highest BCUT2D eigenvalue weighted by atomic mass is 16.3. The Hall–Kier alpha value is -0.0800. The molecule has 1 heterocycles. The van der Waals surface area contributed by atoms with Crippen LogP contribution in [0.4, 0.5) is 0 Å². The molecule has 2 fully saturated rings. The Kier molecular flexibility index (Phi) is 2.37. The number of rotatable bonds is 1. The van der Waals surface area contributed by atoms with Crippen LogP contribution in [0.15, 0.2) is 0 Å². The molecule has 0 bridgehead atoms. The number of hydrogen-bond acceptors (Lipinski definition) is 2. The quantitative estimate of drug-likeness (QED) is 0.620. The van der Waals surface area contributed by atoms with Gasteiger partial charge in [0.25, 0.3) is 0 Å². The first-order valence-electron chi connectivity index (χ1n) is 5.22. The molecule has 1 spiro atoms. The molecular formula is C10H19NO. The molecule has 0 aromatic rings. The van der Waals surface area contributed by atoms with Crippen LogP contribution in [-0.4, -0.2) is 24.3 Å². The minimum Gasteiger partial charge on any atom is -0.395 e. The second kappa shape index (κ2) is 3.35. The maximum absolute atomic E-state index is 9.22. The van der Waals surface area contributed by atoms with Crippen LogP contribution in [0.1, 0.15) is 38.5 Å². The molecule has 1 aliphatic carbocycles. The van der Waals surface area contributed by atoms with Crippen molar-refractivity contribution in [1.29, 1.82) is 0 Å². The molecule has 2 heteroatoms. The van der Waals surface area contributed by atoms with Crippen molar-refractivity contribution in [2.24, 2.45) is 5.41 Å². The Bertz CT molecular complexity index is 152. The minimum absolute atomic E-state index is 0.333. The number of aliphatic hydroxyl groups is 1. The fourth-order valence-electron chi connectivity index (χ4n) is 3.00. The maximum Gasteiger partial charge on any atom is 0.0590 e. The van der Waals surface area contributed by atoms with E-state index in [9.17, 15) is 5.11 Å². The van der Waals surface area contributed by atoms with Crippen LogP contribution in [-0.2, 0) is 0 Å². The highest BCUT2D eigenvalue weighted by molar-refractivity contribution is 4.97. The van der Waals surface area contributed by atoms with Crippen LogP contribution < -0.4 is 5.32 Å². The minimum atomic E-state index is 0.333. The molecule has 0 aromatic carbocycles. The van der Waals surface area contributed by atoms with Gasteiger partial charge in [-0.15, -0.1) is 0 Å². The predicted octanol–water partition coefficient (Wildman–Crippen LogP) is 1.29. The number of nitrogens with one attached hydrogen (secondary N) is 1. The Morgan fingerprint density at radius 2 is 1.92 bits per heavy atom. The number of hydrogen-bond donors (Lipinski definition) is 2. The van der Waals surface area contributed by atoms with Gasteiger partial charge < -0.3 is 10.4 Å². The van der Waals surface area contributed by atoms with Crippen LogP contribution >= 0.6 is 0 Å². The summed E-state index contributed by atoms with van der Waals surface area (Å²) < 4.78 is 0. The van der Waals surface area contributed by atoms with E-state index in [2.05, 4.69) is 5.32 Å². The van der Waals surface area contributed by atoms with E-state index >= 15 is 0 Å².